The minimum atomic E-state index is -0.667. The second-order valence-electron chi connectivity index (χ2n) is 1.97. The molecule has 1 aromatic heterocycles. The van der Waals surface area contributed by atoms with E-state index in [1.54, 1.807) is 13.8 Å². The molecule has 0 fully saturated rings. The highest BCUT2D eigenvalue weighted by atomic mass is 16.5. The predicted octanol–water partition coefficient (Wildman–Crippen LogP) is 0.128. The summed E-state index contributed by atoms with van der Waals surface area (Å²) >= 11 is 0. The summed E-state index contributed by atoms with van der Waals surface area (Å²) in [4.78, 5) is 3.80. The van der Waals surface area contributed by atoms with E-state index >= 15 is 0 Å². The summed E-state index contributed by atoms with van der Waals surface area (Å²) in [5.41, 5.74) is 0. The third-order valence-electron chi connectivity index (χ3n) is 0.860. The largest absolute Gasteiger partial charge is 0.374 e. The van der Waals surface area contributed by atoms with Crippen LogP contribution in [0.4, 0.5) is 6.01 Å². The number of aliphatic hydroxyl groups is 1. The van der Waals surface area contributed by atoms with Crippen molar-refractivity contribution in [3.05, 3.63) is 5.82 Å². The zero-order valence-electron chi connectivity index (χ0n) is 5.83. The summed E-state index contributed by atoms with van der Waals surface area (Å²) < 4.78 is 4.64. The Balaban J connectivity index is 2.58. The molecule has 5 nitrogen and oxygen atoms in total. The van der Waals surface area contributed by atoms with Crippen LogP contribution in [0.1, 0.15) is 12.7 Å². The number of hydrogen-bond donors (Lipinski definition) is 2. The molecular formula is C5H9N3O2. The Labute approximate surface area is 58.1 Å². The number of aromatic nitrogens is 2. The monoisotopic (exact) mass is 143 g/mol. The quantitative estimate of drug-likeness (QED) is 0.576. The number of nitrogens with zero attached hydrogens (tertiary/aromatic N) is 2. The molecule has 1 unspecified atom stereocenters. The van der Waals surface area contributed by atoms with Crippen LogP contribution in [0, 0.1) is 6.92 Å². The summed E-state index contributed by atoms with van der Waals surface area (Å²) in [7, 11) is 0. The number of aliphatic hydroxyl groups excluding tert-OH is 1. The summed E-state index contributed by atoms with van der Waals surface area (Å²) in [6, 6.07) is 0.243. The van der Waals surface area contributed by atoms with Gasteiger partial charge in [-0.05, 0) is 13.8 Å². The van der Waals surface area contributed by atoms with Crippen molar-refractivity contribution >= 4 is 6.01 Å². The van der Waals surface area contributed by atoms with Crippen LogP contribution in [0.25, 0.3) is 0 Å². The van der Waals surface area contributed by atoms with Gasteiger partial charge in [0.25, 0.3) is 0 Å². The fraction of sp³-hybridized carbons (Fsp3) is 0.600. The van der Waals surface area contributed by atoms with E-state index in [1.165, 1.54) is 0 Å². The topological polar surface area (TPSA) is 71.2 Å². The maximum absolute atomic E-state index is 8.78. The Hall–Kier alpha value is -1.10. The first kappa shape index (κ1) is 7.01. The molecule has 10 heavy (non-hydrogen) atoms. The van der Waals surface area contributed by atoms with Crippen molar-refractivity contribution in [2.75, 3.05) is 5.32 Å². The zero-order chi connectivity index (χ0) is 7.56. The molecule has 1 aromatic rings. The van der Waals surface area contributed by atoms with Crippen molar-refractivity contribution in [1.82, 2.24) is 10.1 Å². The van der Waals surface area contributed by atoms with E-state index in [-0.39, 0.29) is 6.01 Å². The molecule has 0 aliphatic heterocycles. The molecule has 0 bridgehead atoms. The highest BCUT2D eigenvalue weighted by Crippen LogP contribution is 2.02. The van der Waals surface area contributed by atoms with Crippen LogP contribution in [-0.2, 0) is 0 Å². The van der Waals surface area contributed by atoms with Gasteiger partial charge < -0.3 is 14.9 Å². The predicted molar refractivity (Wildman–Crippen MR) is 34.3 cm³/mol. The first-order chi connectivity index (χ1) is 4.68. The smallest absolute Gasteiger partial charge is 0.323 e. The van der Waals surface area contributed by atoms with E-state index in [4.69, 9.17) is 5.11 Å². The first-order valence-corrected chi connectivity index (χ1v) is 2.93. The molecule has 1 atom stereocenters. The number of rotatable bonds is 2. The van der Waals surface area contributed by atoms with Crippen molar-refractivity contribution in [1.29, 1.82) is 0 Å². The lowest BCUT2D eigenvalue weighted by Gasteiger charge is -2.00. The molecular weight excluding hydrogens is 134 g/mol. The number of nitrogens with one attached hydrogen (secondary N) is 1. The second kappa shape index (κ2) is 2.66. The van der Waals surface area contributed by atoms with Gasteiger partial charge in [-0.15, -0.1) is 0 Å². The van der Waals surface area contributed by atoms with Crippen LogP contribution < -0.4 is 5.32 Å². The van der Waals surface area contributed by atoms with Crippen molar-refractivity contribution in [2.24, 2.45) is 0 Å². The van der Waals surface area contributed by atoms with Gasteiger partial charge in [0.1, 0.15) is 6.23 Å². The van der Waals surface area contributed by atoms with Gasteiger partial charge in [-0.1, -0.05) is 5.16 Å². The lowest BCUT2D eigenvalue weighted by atomic mass is 10.6. The average Bonchev–Trinajstić information content (AvgIpc) is 2.13. The molecule has 0 aliphatic carbocycles. The molecule has 0 spiro atoms. The molecule has 2 N–H and O–H groups in total. The second-order valence-corrected chi connectivity index (χ2v) is 1.97. The summed E-state index contributed by atoms with van der Waals surface area (Å²) in [5, 5.41) is 14.8. The van der Waals surface area contributed by atoms with Gasteiger partial charge in [0.15, 0.2) is 5.82 Å². The first-order valence-electron chi connectivity index (χ1n) is 2.93. The van der Waals surface area contributed by atoms with E-state index in [0.29, 0.717) is 5.82 Å². The Morgan fingerprint density at radius 2 is 2.40 bits per heavy atom. The highest BCUT2D eigenvalue weighted by Gasteiger charge is 2.02. The van der Waals surface area contributed by atoms with Crippen molar-refractivity contribution in [3.63, 3.8) is 0 Å². The molecule has 0 amide bonds. The summed E-state index contributed by atoms with van der Waals surface area (Å²) in [6.45, 7) is 3.27. The third kappa shape index (κ3) is 1.70. The van der Waals surface area contributed by atoms with Crippen LogP contribution in [0.15, 0.2) is 4.52 Å². The van der Waals surface area contributed by atoms with E-state index in [2.05, 4.69) is 20.0 Å². The van der Waals surface area contributed by atoms with Crippen LogP contribution in [0.5, 0.6) is 0 Å². The van der Waals surface area contributed by atoms with Gasteiger partial charge in [-0.3, -0.25) is 0 Å². The number of aryl methyl sites for hydroxylation is 1. The molecule has 1 heterocycles. The van der Waals surface area contributed by atoms with Gasteiger partial charge in [0.2, 0.25) is 0 Å². The fourth-order valence-electron chi connectivity index (χ4n) is 0.534. The maximum Gasteiger partial charge on any atom is 0.323 e. The van der Waals surface area contributed by atoms with E-state index in [0.717, 1.165) is 0 Å². The number of anilines is 1. The van der Waals surface area contributed by atoms with Gasteiger partial charge in [0, 0.05) is 0 Å². The Morgan fingerprint density at radius 1 is 1.70 bits per heavy atom. The lowest BCUT2D eigenvalue weighted by molar-refractivity contribution is 0.218. The van der Waals surface area contributed by atoms with Gasteiger partial charge in [-0.25, -0.2) is 0 Å². The highest BCUT2D eigenvalue weighted by molar-refractivity contribution is 5.17. The maximum atomic E-state index is 8.78. The van der Waals surface area contributed by atoms with E-state index in [1.807, 2.05) is 0 Å². The van der Waals surface area contributed by atoms with E-state index < -0.39 is 6.23 Å². The summed E-state index contributed by atoms with van der Waals surface area (Å²) in [6.07, 6.45) is -0.667. The van der Waals surface area contributed by atoms with Crippen molar-refractivity contribution in [2.45, 2.75) is 20.1 Å². The number of hydrogen-bond acceptors (Lipinski definition) is 5. The minimum absolute atomic E-state index is 0.243. The molecule has 56 valence electrons. The Kier molecular flexibility index (Phi) is 1.86. The Morgan fingerprint density at radius 3 is 2.80 bits per heavy atom. The molecule has 0 saturated heterocycles. The standard InChI is InChI=1S/C5H9N3O2/c1-3-6-5(10-8-3)7-4(2)9/h4,9H,1-2H3,(H,6,7,8). The molecule has 0 radical (unpaired) electrons. The lowest BCUT2D eigenvalue weighted by Crippen LogP contribution is -2.13. The zero-order valence-corrected chi connectivity index (χ0v) is 5.83. The normalized spacial score (nSPS) is 13.1. The molecule has 5 heteroatoms. The van der Waals surface area contributed by atoms with Gasteiger partial charge in [0.05, 0.1) is 0 Å². The van der Waals surface area contributed by atoms with Crippen LogP contribution in [-0.4, -0.2) is 21.5 Å². The average molecular weight is 143 g/mol. The fourth-order valence-corrected chi connectivity index (χ4v) is 0.534. The van der Waals surface area contributed by atoms with Crippen molar-refractivity contribution in [3.8, 4) is 0 Å². The van der Waals surface area contributed by atoms with E-state index in [9.17, 15) is 0 Å². The summed E-state index contributed by atoms with van der Waals surface area (Å²) in [5.74, 6) is 0.545. The van der Waals surface area contributed by atoms with Crippen molar-refractivity contribution < 1.29 is 9.63 Å². The Bertz CT molecular complexity index is 208. The molecule has 0 saturated carbocycles. The van der Waals surface area contributed by atoms with Crippen LogP contribution in [0.3, 0.4) is 0 Å². The SMILES string of the molecule is Cc1noc(NC(C)O)n1. The molecule has 1 rings (SSSR count). The molecule has 0 aliphatic rings. The van der Waals surface area contributed by atoms with Gasteiger partial charge >= 0.3 is 6.01 Å². The van der Waals surface area contributed by atoms with Crippen LogP contribution >= 0.6 is 0 Å². The minimum Gasteiger partial charge on any atom is -0.374 e. The molecule has 0 aromatic carbocycles. The van der Waals surface area contributed by atoms with Crippen LogP contribution in [0.2, 0.25) is 0 Å². The third-order valence-corrected chi connectivity index (χ3v) is 0.860. The van der Waals surface area contributed by atoms with Gasteiger partial charge in [-0.2, -0.15) is 4.98 Å².